The highest BCUT2D eigenvalue weighted by Gasteiger charge is 2.12. The summed E-state index contributed by atoms with van der Waals surface area (Å²) in [5.41, 5.74) is 1.90. The lowest BCUT2D eigenvalue weighted by molar-refractivity contribution is 0.259. The molecule has 0 aromatic carbocycles. The number of aromatic nitrogens is 3. The van der Waals surface area contributed by atoms with Crippen LogP contribution in [0.3, 0.4) is 0 Å². The topological polar surface area (TPSA) is 62.5 Å². The molecule has 0 saturated carbocycles. The van der Waals surface area contributed by atoms with E-state index in [1.165, 1.54) is 0 Å². The average Bonchev–Trinajstić information content (AvgIpc) is 2.69. The summed E-state index contributed by atoms with van der Waals surface area (Å²) < 4.78 is 1.80. The quantitative estimate of drug-likeness (QED) is 0.847. The Morgan fingerprint density at radius 3 is 2.89 bits per heavy atom. The van der Waals surface area contributed by atoms with Crippen molar-refractivity contribution in [2.24, 2.45) is 5.92 Å². The van der Waals surface area contributed by atoms with Crippen LogP contribution in [0.4, 0.5) is 5.82 Å². The van der Waals surface area contributed by atoms with Gasteiger partial charge in [-0.05, 0) is 25.3 Å². The second-order valence-electron chi connectivity index (χ2n) is 5.04. The van der Waals surface area contributed by atoms with Gasteiger partial charge in [0.2, 0.25) is 0 Å². The van der Waals surface area contributed by atoms with E-state index in [-0.39, 0.29) is 12.6 Å². The number of fused-ring (bicyclic) bond motifs is 1. The summed E-state index contributed by atoms with van der Waals surface area (Å²) in [4.78, 5) is 4.33. The summed E-state index contributed by atoms with van der Waals surface area (Å²) in [6.45, 7) is 6.34. The minimum atomic E-state index is 0.0268. The number of nitrogens with zero attached hydrogens (tertiary/aromatic N) is 3. The number of nitrogens with one attached hydrogen (secondary N) is 1. The molecule has 98 valence electrons. The molecule has 0 saturated heterocycles. The van der Waals surface area contributed by atoms with E-state index in [0.717, 1.165) is 23.4 Å². The van der Waals surface area contributed by atoms with Gasteiger partial charge in [0.1, 0.15) is 5.52 Å². The Labute approximate surface area is 107 Å². The molecule has 0 radical (unpaired) electrons. The number of anilines is 1. The molecule has 5 nitrogen and oxygen atoms in total. The minimum Gasteiger partial charge on any atom is -0.394 e. The maximum Gasteiger partial charge on any atom is 0.152 e. The third kappa shape index (κ3) is 2.79. The zero-order chi connectivity index (χ0) is 13.1. The van der Waals surface area contributed by atoms with Crippen LogP contribution in [0.1, 0.15) is 26.0 Å². The van der Waals surface area contributed by atoms with Gasteiger partial charge in [0.15, 0.2) is 5.82 Å². The summed E-state index contributed by atoms with van der Waals surface area (Å²) in [6.07, 6.45) is 4.45. The van der Waals surface area contributed by atoms with Crippen LogP contribution in [0.25, 0.3) is 5.52 Å². The summed E-state index contributed by atoms with van der Waals surface area (Å²) in [5.74, 6) is 1.30. The Morgan fingerprint density at radius 2 is 2.22 bits per heavy atom. The lowest BCUT2D eigenvalue weighted by Gasteiger charge is -2.19. The van der Waals surface area contributed by atoms with Crippen molar-refractivity contribution in [3.05, 3.63) is 24.2 Å². The molecule has 2 rings (SSSR count). The van der Waals surface area contributed by atoms with Gasteiger partial charge in [0.05, 0.1) is 18.3 Å². The summed E-state index contributed by atoms with van der Waals surface area (Å²) in [6, 6.07) is 2.01. The van der Waals surface area contributed by atoms with Gasteiger partial charge >= 0.3 is 0 Å². The third-order valence-electron chi connectivity index (χ3n) is 2.83. The molecule has 0 bridgehead atoms. The van der Waals surface area contributed by atoms with Crippen LogP contribution < -0.4 is 5.32 Å². The molecule has 0 aliphatic rings. The Kier molecular flexibility index (Phi) is 3.81. The van der Waals surface area contributed by atoms with Crippen molar-refractivity contribution >= 4 is 11.3 Å². The van der Waals surface area contributed by atoms with Crippen molar-refractivity contribution in [3.63, 3.8) is 0 Å². The predicted octanol–water partition coefficient (Wildman–Crippen LogP) is 1.86. The first kappa shape index (κ1) is 12.8. The van der Waals surface area contributed by atoms with Crippen LogP contribution in [0, 0.1) is 12.8 Å². The first-order valence-corrected chi connectivity index (χ1v) is 6.28. The van der Waals surface area contributed by atoms with E-state index >= 15 is 0 Å². The Morgan fingerprint density at radius 1 is 1.44 bits per heavy atom. The molecule has 0 amide bonds. The second-order valence-corrected chi connectivity index (χ2v) is 5.04. The van der Waals surface area contributed by atoms with E-state index in [2.05, 4.69) is 29.2 Å². The third-order valence-corrected chi connectivity index (χ3v) is 2.83. The van der Waals surface area contributed by atoms with Gasteiger partial charge in [-0.3, -0.25) is 0 Å². The monoisotopic (exact) mass is 248 g/mol. The van der Waals surface area contributed by atoms with Crippen LogP contribution in [0.15, 0.2) is 18.5 Å². The molecular formula is C13H20N4O. The zero-order valence-corrected chi connectivity index (χ0v) is 11.1. The number of hydrogen-bond donors (Lipinski definition) is 2. The maximum atomic E-state index is 9.40. The fourth-order valence-corrected chi connectivity index (χ4v) is 2.10. The highest BCUT2D eigenvalue weighted by atomic mass is 16.3. The van der Waals surface area contributed by atoms with E-state index in [9.17, 15) is 5.11 Å². The molecule has 2 aromatic heterocycles. The van der Waals surface area contributed by atoms with Crippen molar-refractivity contribution < 1.29 is 5.11 Å². The molecule has 5 heteroatoms. The fraction of sp³-hybridized carbons (Fsp3) is 0.538. The standard InChI is InChI=1S/C13H20N4O/c1-9(2)6-11(8-18)15-13-12-7-10(3)16-17(12)5-4-14-13/h4-5,7,9,11,18H,6,8H2,1-3H3,(H,14,15). The van der Waals surface area contributed by atoms with Crippen LogP contribution in [-0.2, 0) is 0 Å². The van der Waals surface area contributed by atoms with Crippen molar-refractivity contribution in [3.8, 4) is 0 Å². The molecule has 2 aromatic rings. The Bertz CT molecular complexity index is 521. The predicted molar refractivity (Wildman–Crippen MR) is 71.7 cm³/mol. The van der Waals surface area contributed by atoms with Crippen LogP contribution in [0.2, 0.25) is 0 Å². The van der Waals surface area contributed by atoms with Crippen LogP contribution in [0.5, 0.6) is 0 Å². The van der Waals surface area contributed by atoms with Gasteiger partial charge in [-0.2, -0.15) is 5.10 Å². The smallest absolute Gasteiger partial charge is 0.152 e. The lowest BCUT2D eigenvalue weighted by Crippen LogP contribution is -2.26. The molecule has 2 heterocycles. The highest BCUT2D eigenvalue weighted by molar-refractivity contribution is 5.67. The zero-order valence-electron chi connectivity index (χ0n) is 11.1. The second kappa shape index (κ2) is 5.35. The van der Waals surface area contributed by atoms with E-state index in [1.807, 2.05) is 19.2 Å². The van der Waals surface area contributed by atoms with Gasteiger partial charge in [-0.1, -0.05) is 13.8 Å². The molecule has 1 unspecified atom stereocenters. The summed E-state index contributed by atoms with van der Waals surface area (Å²) in [5, 5.41) is 17.0. The number of aryl methyl sites for hydroxylation is 1. The molecule has 1 atom stereocenters. The highest BCUT2D eigenvalue weighted by Crippen LogP contribution is 2.17. The number of hydrogen-bond acceptors (Lipinski definition) is 4. The van der Waals surface area contributed by atoms with Crippen molar-refractivity contribution in [1.29, 1.82) is 0 Å². The van der Waals surface area contributed by atoms with Crippen molar-refractivity contribution in [2.45, 2.75) is 33.2 Å². The SMILES string of the molecule is Cc1cc2c(NC(CO)CC(C)C)nccn2n1. The maximum absolute atomic E-state index is 9.40. The number of aliphatic hydroxyl groups excluding tert-OH is 1. The van der Waals surface area contributed by atoms with Crippen molar-refractivity contribution in [1.82, 2.24) is 14.6 Å². The molecular weight excluding hydrogens is 228 g/mol. The van der Waals surface area contributed by atoms with Gasteiger partial charge in [0.25, 0.3) is 0 Å². The first-order chi connectivity index (χ1) is 8.60. The molecule has 0 aliphatic carbocycles. The average molecular weight is 248 g/mol. The van der Waals surface area contributed by atoms with E-state index in [4.69, 9.17) is 0 Å². The Hall–Kier alpha value is -1.62. The van der Waals surface area contributed by atoms with Gasteiger partial charge in [-0.15, -0.1) is 0 Å². The van der Waals surface area contributed by atoms with Crippen molar-refractivity contribution in [2.75, 3.05) is 11.9 Å². The molecule has 2 N–H and O–H groups in total. The number of aliphatic hydroxyl groups is 1. The summed E-state index contributed by atoms with van der Waals surface area (Å²) >= 11 is 0. The van der Waals surface area contributed by atoms with Gasteiger partial charge in [-0.25, -0.2) is 9.50 Å². The molecule has 0 spiro atoms. The van der Waals surface area contributed by atoms with E-state index in [1.54, 1.807) is 10.7 Å². The molecule has 18 heavy (non-hydrogen) atoms. The van der Waals surface area contributed by atoms with Gasteiger partial charge < -0.3 is 10.4 Å². The normalized spacial score (nSPS) is 13.2. The largest absolute Gasteiger partial charge is 0.394 e. The fourth-order valence-electron chi connectivity index (χ4n) is 2.10. The lowest BCUT2D eigenvalue weighted by atomic mass is 10.0. The molecule has 0 aliphatic heterocycles. The first-order valence-electron chi connectivity index (χ1n) is 6.28. The minimum absolute atomic E-state index is 0.0268. The van der Waals surface area contributed by atoms with Crippen LogP contribution in [-0.4, -0.2) is 32.4 Å². The number of rotatable bonds is 5. The van der Waals surface area contributed by atoms with Gasteiger partial charge in [0, 0.05) is 12.4 Å². The molecule has 0 fully saturated rings. The van der Waals surface area contributed by atoms with E-state index in [0.29, 0.717) is 5.92 Å². The van der Waals surface area contributed by atoms with Crippen LogP contribution >= 0.6 is 0 Å². The Balaban J connectivity index is 2.24. The summed E-state index contributed by atoms with van der Waals surface area (Å²) in [7, 11) is 0. The van der Waals surface area contributed by atoms with E-state index < -0.39 is 0 Å².